The van der Waals surface area contributed by atoms with E-state index in [0.717, 1.165) is 22.7 Å². The number of carbonyl (C=O) groups excluding carboxylic acids is 1. The van der Waals surface area contributed by atoms with E-state index in [1.807, 2.05) is 60.4 Å². The van der Waals surface area contributed by atoms with Crippen LogP contribution in [0.25, 0.3) is 16.9 Å². The van der Waals surface area contributed by atoms with Gasteiger partial charge in [0.05, 0.1) is 12.8 Å². The molecule has 0 bridgehead atoms. The first kappa shape index (κ1) is 21.6. The lowest BCUT2D eigenvalue weighted by atomic mass is 10.2. The van der Waals surface area contributed by atoms with Crippen molar-refractivity contribution in [3.8, 4) is 17.2 Å². The number of hydrogen-bond donors (Lipinski definition) is 0. The number of carbonyl (C=O) groups is 1. The number of rotatable bonds is 6. The first-order valence-electron chi connectivity index (χ1n) is 11.1. The minimum absolute atomic E-state index is 0.0266. The highest BCUT2D eigenvalue weighted by molar-refractivity contribution is 5.84. The molecule has 0 radical (unpaired) electrons. The third-order valence-corrected chi connectivity index (χ3v) is 5.91. The van der Waals surface area contributed by atoms with Crippen molar-refractivity contribution in [2.24, 2.45) is 0 Å². The summed E-state index contributed by atoms with van der Waals surface area (Å²) < 4.78 is 12.6. The molecule has 0 aliphatic carbocycles. The van der Waals surface area contributed by atoms with Crippen molar-refractivity contribution in [3.63, 3.8) is 0 Å². The predicted molar refractivity (Wildman–Crippen MR) is 126 cm³/mol. The summed E-state index contributed by atoms with van der Waals surface area (Å²) in [6, 6.07) is 15.2. The molecule has 3 heterocycles. The van der Waals surface area contributed by atoms with Gasteiger partial charge in [0.2, 0.25) is 0 Å². The smallest absolute Gasteiger partial charge is 0.260 e. The van der Waals surface area contributed by atoms with Gasteiger partial charge in [-0.1, -0.05) is 23.4 Å². The van der Waals surface area contributed by atoms with Crippen LogP contribution in [-0.2, 0) is 4.79 Å². The van der Waals surface area contributed by atoms with Crippen LogP contribution < -0.4 is 14.4 Å². The molecule has 10 heteroatoms. The van der Waals surface area contributed by atoms with E-state index in [9.17, 15) is 4.79 Å². The number of piperazine rings is 1. The molecule has 1 amide bonds. The van der Waals surface area contributed by atoms with Crippen LogP contribution in [0.4, 0.5) is 5.82 Å². The summed E-state index contributed by atoms with van der Waals surface area (Å²) >= 11 is 0. The molecule has 1 fully saturated rings. The largest absolute Gasteiger partial charge is 0.497 e. The molecule has 1 saturated heterocycles. The zero-order chi connectivity index (χ0) is 23.5. The van der Waals surface area contributed by atoms with Crippen LogP contribution in [0.15, 0.2) is 54.9 Å². The predicted octanol–water partition coefficient (Wildman–Crippen LogP) is 2.26. The molecule has 34 heavy (non-hydrogen) atoms. The van der Waals surface area contributed by atoms with Crippen molar-refractivity contribution in [2.75, 3.05) is 44.8 Å². The summed E-state index contributed by atoms with van der Waals surface area (Å²) in [5, 5.41) is 8.65. The van der Waals surface area contributed by atoms with Crippen LogP contribution in [0, 0.1) is 6.92 Å². The SMILES string of the molecule is COc1ccc(-n2nnc3c(N4CCN(C(=O)COc5ccccc5C)CC4)ncnc32)cc1. The van der Waals surface area contributed by atoms with Gasteiger partial charge in [0.15, 0.2) is 23.6 Å². The van der Waals surface area contributed by atoms with Gasteiger partial charge < -0.3 is 19.3 Å². The topological polar surface area (TPSA) is 98.5 Å². The molecule has 10 nitrogen and oxygen atoms in total. The Morgan fingerprint density at radius 3 is 2.50 bits per heavy atom. The number of para-hydroxylation sites is 1. The Balaban J connectivity index is 1.26. The maximum Gasteiger partial charge on any atom is 0.260 e. The van der Waals surface area contributed by atoms with Gasteiger partial charge in [-0.05, 0) is 42.8 Å². The van der Waals surface area contributed by atoms with Crippen molar-refractivity contribution >= 4 is 22.9 Å². The molecule has 2 aromatic carbocycles. The van der Waals surface area contributed by atoms with Crippen molar-refractivity contribution in [3.05, 3.63) is 60.4 Å². The number of anilines is 1. The first-order valence-corrected chi connectivity index (χ1v) is 11.1. The Labute approximate surface area is 196 Å². The first-order chi connectivity index (χ1) is 16.6. The van der Waals surface area contributed by atoms with Crippen LogP contribution >= 0.6 is 0 Å². The number of methoxy groups -OCH3 is 1. The maximum absolute atomic E-state index is 12.7. The van der Waals surface area contributed by atoms with E-state index in [2.05, 4.69) is 25.2 Å². The number of benzene rings is 2. The highest BCUT2D eigenvalue weighted by atomic mass is 16.5. The van der Waals surface area contributed by atoms with Gasteiger partial charge in [-0.2, -0.15) is 4.68 Å². The fourth-order valence-corrected chi connectivity index (χ4v) is 3.98. The molecule has 0 unspecified atom stereocenters. The van der Waals surface area contributed by atoms with E-state index < -0.39 is 0 Å². The molecular formula is C24H25N7O3. The summed E-state index contributed by atoms with van der Waals surface area (Å²) in [5.41, 5.74) is 3.09. The summed E-state index contributed by atoms with van der Waals surface area (Å²) in [7, 11) is 1.63. The standard InChI is InChI=1S/C24H25N7O3/c1-17-5-3-4-6-20(17)34-15-21(32)29-11-13-30(14-12-29)23-22-24(26-16-25-23)31(28-27-22)18-7-9-19(33-2)10-8-18/h3-10,16H,11-15H2,1-2H3. The van der Waals surface area contributed by atoms with Gasteiger partial charge in [-0.25, -0.2) is 9.97 Å². The second kappa shape index (κ2) is 9.34. The summed E-state index contributed by atoms with van der Waals surface area (Å²) in [6.07, 6.45) is 1.52. The Hall–Kier alpha value is -4.21. The van der Waals surface area contributed by atoms with Crippen molar-refractivity contribution in [1.29, 1.82) is 0 Å². The molecule has 1 aliphatic rings. The van der Waals surface area contributed by atoms with Gasteiger partial charge in [-0.3, -0.25) is 4.79 Å². The summed E-state index contributed by atoms with van der Waals surface area (Å²) in [5.74, 6) is 2.19. The van der Waals surface area contributed by atoms with Crippen molar-refractivity contribution in [1.82, 2.24) is 29.9 Å². The molecule has 0 saturated carbocycles. The average Bonchev–Trinajstić information content (AvgIpc) is 3.32. The Morgan fingerprint density at radius 1 is 1.00 bits per heavy atom. The maximum atomic E-state index is 12.7. The van der Waals surface area contributed by atoms with E-state index >= 15 is 0 Å². The van der Waals surface area contributed by atoms with E-state index in [-0.39, 0.29) is 12.5 Å². The molecule has 174 valence electrons. The van der Waals surface area contributed by atoms with Crippen molar-refractivity contribution < 1.29 is 14.3 Å². The van der Waals surface area contributed by atoms with E-state index in [1.54, 1.807) is 11.8 Å². The second-order valence-corrected chi connectivity index (χ2v) is 7.99. The highest BCUT2D eigenvalue weighted by Crippen LogP contribution is 2.24. The van der Waals surface area contributed by atoms with Crippen LogP contribution in [-0.4, -0.2) is 75.7 Å². The van der Waals surface area contributed by atoms with Gasteiger partial charge in [0.1, 0.15) is 17.8 Å². The number of nitrogens with zero attached hydrogens (tertiary/aromatic N) is 7. The molecular weight excluding hydrogens is 434 g/mol. The van der Waals surface area contributed by atoms with E-state index in [1.165, 1.54) is 6.33 Å². The Bertz CT molecular complexity index is 1300. The molecule has 2 aromatic heterocycles. The number of aryl methyl sites for hydroxylation is 1. The summed E-state index contributed by atoms with van der Waals surface area (Å²) in [6.45, 7) is 4.42. The molecule has 0 N–H and O–H groups in total. The Kier molecular flexibility index (Phi) is 5.94. The number of aromatic nitrogens is 5. The molecule has 0 atom stereocenters. The molecule has 5 rings (SSSR count). The Morgan fingerprint density at radius 2 is 1.76 bits per heavy atom. The van der Waals surface area contributed by atoms with E-state index in [4.69, 9.17) is 9.47 Å². The lowest BCUT2D eigenvalue weighted by Gasteiger charge is -2.35. The number of fused-ring (bicyclic) bond motifs is 1. The second-order valence-electron chi connectivity index (χ2n) is 7.99. The lowest BCUT2D eigenvalue weighted by molar-refractivity contribution is -0.133. The average molecular weight is 460 g/mol. The molecule has 4 aromatic rings. The van der Waals surface area contributed by atoms with Gasteiger partial charge in [-0.15, -0.1) is 5.10 Å². The normalized spacial score (nSPS) is 13.8. The lowest BCUT2D eigenvalue weighted by Crippen LogP contribution is -2.50. The fraction of sp³-hybridized carbons (Fsp3) is 0.292. The minimum Gasteiger partial charge on any atom is -0.497 e. The van der Waals surface area contributed by atoms with Crippen LogP contribution in [0.5, 0.6) is 11.5 Å². The zero-order valence-electron chi connectivity index (χ0n) is 19.1. The third-order valence-electron chi connectivity index (χ3n) is 5.91. The summed E-state index contributed by atoms with van der Waals surface area (Å²) in [4.78, 5) is 25.5. The van der Waals surface area contributed by atoms with Gasteiger partial charge in [0.25, 0.3) is 5.91 Å². The van der Waals surface area contributed by atoms with Crippen LogP contribution in [0.1, 0.15) is 5.56 Å². The number of amides is 1. The van der Waals surface area contributed by atoms with Crippen LogP contribution in [0.2, 0.25) is 0 Å². The zero-order valence-corrected chi connectivity index (χ0v) is 19.1. The molecule has 1 aliphatic heterocycles. The highest BCUT2D eigenvalue weighted by Gasteiger charge is 2.25. The number of hydrogen-bond acceptors (Lipinski definition) is 8. The van der Waals surface area contributed by atoms with Gasteiger partial charge in [0, 0.05) is 26.2 Å². The third kappa shape index (κ3) is 4.21. The minimum atomic E-state index is -0.0267. The number of ether oxygens (including phenoxy) is 2. The fourth-order valence-electron chi connectivity index (χ4n) is 3.98. The monoisotopic (exact) mass is 459 g/mol. The quantitative estimate of drug-likeness (QED) is 0.433. The molecule has 0 spiro atoms. The van der Waals surface area contributed by atoms with Crippen LogP contribution in [0.3, 0.4) is 0 Å². The van der Waals surface area contributed by atoms with E-state index in [0.29, 0.717) is 43.2 Å². The van der Waals surface area contributed by atoms with Gasteiger partial charge >= 0.3 is 0 Å². The van der Waals surface area contributed by atoms with Crippen molar-refractivity contribution in [2.45, 2.75) is 6.92 Å².